The standard InChI is InChI=1S/C20H30N6O9/c1-9(2)16(26-17(31)11(21)6-15(29)30)19(33)24-12(3-4-14(27)28)18(32)25-13(20(34)35)5-10-7-22-8-23-10/h7-9,11-13,16H,3-6,21H2,1-2H3,(H,22,23)(H,24,33)(H,25,32)(H,26,31)(H,27,28)(H,29,30)(H,34,35). The SMILES string of the molecule is CC(C)C(NC(=O)C(N)CC(=O)O)C(=O)NC(CCC(=O)O)C(=O)NC(Cc1cnc[nH]1)C(=O)O. The molecule has 1 aromatic rings. The molecule has 15 heteroatoms. The molecule has 1 heterocycles. The second-order valence-corrected chi connectivity index (χ2v) is 8.11. The summed E-state index contributed by atoms with van der Waals surface area (Å²) >= 11 is 0. The van der Waals surface area contributed by atoms with Gasteiger partial charge in [0.05, 0.1) is 18.8 Å². The van der Waals surface area contributed by atoms with Crippen molar-refractivity contribution in [1.29, 1.82) is 0 Å². The number of aliphatic carboxylic acids is 3. The maximum absolute atomic E-state index is 12.9. The van der Waals surface area contributed by atoms with Crippen molar-refractivity contribution in [3.05, 3.63) is 18.2 Å². The number of nitrogens with one attached hydrogen (secondary N) is 4. The van der Waals surface area contributed by atoms with E-state index in [0.717, 1.165) is 0 Å². The number of nitrogens with two attached hydrogens (primary N) is 1. The van der Waals surface area contributed by atoms with Crippen LogP contribution < -0.4 is 21.7 Å². The number of nitrogens with zero attached hydrogens (tertiary/aromatic N) is 1. The zero-order valence-electron chi connectivity index (χ0n) is 19.2. The van der Waals surface area contributed by atoms with Gasteiger partial charge in [-0.05, 0) is 12.3 Å². The summed E-state index contributed by atoms with van der Waals surface area (Å²) in [6.07, 6.45) is 1.01. The lowest BCUT2D eigenvalue weighted by atomic mass is 10.0. The third kappa shape index (κ3) is 10.2. The number of hydrogen-bond donors (Lipinski definition) is 8. The van der Waals surface area contributed by atoms with Crippen LogP contribution in [-0.4, -0.2) is 85.1 Å². The Balaban J connectivity index is 2.98. The number of carbonyl (C=O) groups excluding carboxylic acids is 3. The first kappa shape index (κ1) is 29.0. The first-order valence-electron chi connectivity index (χ1n) is 10.6. The van der Waals surface area contributed by atoms with Crippen molar-refractivity contribution in [2.24, 2.45) is 11.7 Å². The van der Waals surface area contributed by atoms with Gasteiger partial charge in [-0.25, -0.2) is 9.78 Å². The summed E-state index contributed by atoms with van der Waals surface area (Å²) in [5.74, 6) is -7.16. The quantitative estimate of drug-likeness (QED) is 0.129. The second-order valence-electron chi connectivity index (χ2n) is 8.11. The first-order valence-corrected chi connectivity index (χ1v) is 10.6. The molecule has 0 radical (unpaired) electrons. The molecule has 0 aromatic carbocycles. The van der Waals surface area contributed by atoms with Crippen LogP contribution in [0.4, 0.5) is 0 Å². The Morgan fingerprint density at radius 3 is 2.06 bits per heavy atom. The van der Waals surface area contributed by atoms with E-state index in [2.05, 4.69) is 25.9 Å². The fourth-order valence-corrected chi connectivity index (χ4v) is 2.96. The molecule has 194 valence electrons. The van der Waals surface area contributed by atoms with Crippen LogP contribution in [0.1, 0.15) is 38.8 Å². The van der Waals surface area contributed by atoms with E-state index < -0.39 is 78.6 Å². The highest BCUT2D eigenvalue weighted by Crippen LogP contribution is 2.07. The number of imidazole rings is 1. The van der Waals surface area contributed by atoms with Gasteiger partial charge < -0.3 is 42.0 Å². The van der Waals surface area contributed by atoms with E-state index in [1.165, 1.54) is 12.5 Å². The maximum Gasteiger partial charge on any atom is 0.326 e. The maximum atomic E-state index is 12.9. The number of aromatic amines is 1. The van der Waals surface area contributed by atoms with Crippen LogP contribution in [0.3, 0.4) is 0 Å². The lowest BCUT2D eigenvalue weighted by molar-refractivity contribution is -0.143. The van der Waals surface area contributed by atoms with Gasteiger partial charge in [-0.1, -0.05) is 13.8 Å². The molecule has 4 unspecified atom stereocenters. The Morgan fingerprint density at radius 2 is 1.57 bits per heavy atom. The molecule has 3 amide bonds. The highest BCUT2D eigenvalue weighted by Gasteiger charge is 2.32. The van der Waals surface area contributed by atoms with Gasteiger partial charge in [-0.2, -0.15) is 0 Å². The van der Waals surface area contributed by atoms with Gasteiger partial charge in [0.2, 0.25) is 17.7 Å². The van der Waals surface area contributed by atoms with Crippen LogP contribution >= 0.6 is 0 Å². The lowest BCUT2D eigenvalue weighted by Crippen LogP contribution is -2.58. The molecule has 0 fully saturated rings. The molecule has 0 saturated heterocycles. The largest absolute Gasteiger partial charge is 0.481 e. The van der Waals surface area contributed by atoms with Gasteiger partial charge in [-0.3, -0.25) is 24.0 Å². The molecule has 1 aromatic heterocycles. The number of carboxylic acids is 3. The minimum atomic E-state index is -1.44. The van der Waals surface area contributed by atoms with Crippen molar-refractivity contribution in [2.75, 3.05) is 0 Å². The number of amides is 3. The highest BCUT2D eigenvalue weighted by atomic mass is 16.4. The average molecular weight is 498 g/mol. The molecule has 0 saturated carbocycles. The van der Waals surface area contributed by atoms with E-state index in [0.29, 0.717) is 5.69 Å². The minimum absolute atomic E-state index is 0.146. The van der Waals surface area contributed by atoms with E-state index in [1.807, 2.05) is 0 Å². The number of carboxylic acid groups (broad SMARTS) is 3. The zero-order chi connectivity index (χ0) is 26.7. The van der Waals surface area contributed by atoms with Crippen LogP contribution in [0, 0.1) is 5.92 Å². The molecule has 15 nitrogen and oxygen atoms in total. The van der Waals surface area contributed by atoms with Crippen molar-refractivity contribution in [2.45, 2.75) is 63.7 Å². The first-order chi connectivity index (χ1) is 16.3. The monoisotopic (exact) mass is 498 g/mol. The molecule has 0 bridgehead atoms. The smallest absolute Gasteiger partial charge is 0.326 e. The number of aromatic nitrogens is 2. The summed E-state index contributed by atoms with van der Waals surface area (Å²) in [5.41, 5.74) is 5.94. The number of carbonyl (C=O) groups is 6. The number of hydrogen-bond acceptors (Lipinski definition) is 8. The summed E-state index contributed by atoms with van der Waals surface area (Å²) in [6, 6.07) is -5.50. The van der Waals surface area contributed by atoms with E-state index >= 15 is 0 Å². The molecule has 1 rings (SSSR count). The van der Waals surface area contributed by atoms with Crippen molar-refractivity contribution in [3.63, 3.8) is 0 Å². The Kier molecular flexibility index (Phi) is 11.3. The molecular weight excluding hydrogens is 468 g/mol. The zero-order valence-corrected chi connectivity index (χ0v) is 19.2. The number of H-pyrrole nitrogens is 1. The summed E-state index contributed by atoms with van der Waals surface area (Å²) in [7, 11) is 0. The van der Waals surface area contributed by atoms with Gasteiger partial charge in [0.25, 0.3) is 0 Å². The van der Waals surface area contributed by atoms with Gasteiger partial charge in [-0.15, -0.1) is 0 Å². The summed E-state index contributed by atoms with van der Waals surface area (Å²) in [6.45, 7) is 3.15. The van der Waals surface area contributed by atoms with Crippen LogP contribution in [0.2, 0.25) is 0 Å². The van der Waals surface area contributed by atoms with Crippen LogP contribution in [0.25, 0.3) is 0 Å². The Labute approximate surface area is 199 Å². The van der Waals surface area contributed by atoms with Gasteiger partial charge in [0.1, 0.15) is 18.1 Å². The highest BCUT2D eigenvalue weighted by molar-refractivity contribution is 5.95. The van der Waals surface area contributed by atoms with E-state index in [1.54, 1.807) is 13.8 Å². The Bertz CT molecular complexity index is 918. The molecule has 0 aliphatic heterocycles. The summed E-state index contributed by atoms with van der Waals surface area (Å²) < 4.78 is 0. The normalized spacial score (nSPS) is 14.3. The van der Waals surface area contributed by atoms with Crippen molar-refractivity contribution >= 4 is 35.6 Å². The third-order valence-electron chi connectivity index (χ3n) is 4.85. The predicted octanol–water partition coefficient (Wildman–Crippen LogP) is -2.19. The average Bonchev–Trinajstić information content (AvgIpc) is 3.26. The summed E-state index contributed by atoms with van der Waals surface area (Å²) in [4.78, 5) is 77.7. The predicted molar refractivity (Wildman–Crippen MR) is 118 cm³/mol. The third-order valence-corrected chi connectivity index (χ3v) is 4.85. The van der Waals surface area contributed by atoms with E-state index in [-0.39, 0.29) is 12.8 Å². The van der Waals surface area contributed by atoms with Gasteiger partial charge in [0.15, 0.2) is 0 Å². The topological polar surface area (TPSA) is 254 Å². The van der Waals surface area contributed by atoms with E-state index in [4.69, 9.17) is 15.9 Å². The van der Waals surface area contributed by atoms with Crippen molar-refractivity contribution in [1.82, 2.24) is 25.9 Å². The molecule has 4 atom stereocenters. The second kappa shape index (κ2) is 13.6. The van der Waals surface area contributed by atoms with Crippen LogP contribution in [0.15, 0.2) is 12.5 Å². The molecular formula is C20H30N6O9. The van der Waals surface area contributed by atoms with Crippen molar-refractivity contribution in [3.8, 4) is 0 Å². The van der Waals surface area contributed by atoms with Crippen LogP contribution in [0.5, 0.6) is 0 Å². The molecule has 0 aliphatic carbocycles. The van der Waals surface area contributed by atoms with Gasteiger partial charge in [0, 0.05) is 24.7 Å². The Morgan fingerprint density at radius 1 is 0.943 bits per heavy atom. The van der Waals surface area contributed by atoms with E-state index in [9.17, 15) is 33.9 Å². The molecule has 9 N–H and O–H groups in total. The minimum Gasteiger partial charge on any atom is -0.481 e. The lowest BCUT2D eigenvalue weighted by Gasteiger charge is -2.26. The fourth-order valence-electron chi connectivity index (χ4n) is 2.96. The molecule has 0 aliphatic rings. The Hall–Kier alpha value is -4.01. The number of rotatable bonds is 15. The van der Waals surface area contributed by atoms with Crippen LogP contribution in [-0.2, 0) is 35.2 Å². The van der Waals surface area contributed by atoms with Crippen molar-refractivity contribution < 1.29 is 44.1 Å². The van der Waals surface area contributed by atoms with Gasteiger partial charge >= 0.3 is 17.9 Å². The summed E-state index contributed by atoms with van der Waals surface area (Å²) in [5, 5.41) is 34.2. The molecule has 0 spiro atoms. The fraction of sp³-hybridized carbons (Fsp3) is 0.550. The molecule has 35 heavy (non-hydrogen) atoms.